The van der Waals surface area contributed by atoms with Gasteiger partial charge in [-0.15, -0.1) is 0 Å². The van der Waals surface area contributed by atoms with Crippen molar-refractivity contribution in [3.8, 4) is 11.4 Å². The fraction of sp³-hybridized carbons (Fsp3) is 0.182. The van der Waals surface area contributed by atoms with Crippen molar-refractivity contribution < 1.29 is 0 Å². The molecule has 0 spiro atoms. The minimum Gasteiger partial charge on any atom is -0.314 e. The Kier molecular flexibility index (Phi) is 2.99. The largest absolute Gasteiger partial charge is 0.314 e. The molecule has 4 nitrogen and oxygen atoms in total. The van der Waals surface area contributed by atoms with Crippen molar-refractivity contribution in [1.82, 2.24) is 20.3 Å². The highest BCUT2D eigenvalue weighted by Gasteiger charge is 2.01. The van der Waals surface area contributed by atoms with E-state index in [1.165, 1.54) is 0 Å². The number of nitrogens with zero attached hydrogens (tertiary/aromatic N) is 3. The van der Waals surface area contributed by atoms with E-state index in [0.717, 1.165) is 23.6 Å². The maximum absolute atomic E-state index is 4.42. The zero-order valence-electron chi connectivity index (χ0n) is 8.51. The minimum atomic E-state index is 0.718. The summed E-state index contributed by atoms with van der Waals surface area (Å²) in [6.07, 6.45) is 5.27. The first-order valence-corrected chi connectivity index (χ1v) is 4.77. The molecule has 15 heavy (non-hydrogen) atoms. The van der Waals surface area contributed by atoms with Crippen LogP contribution < -0.4 is 5.32 Å². The molecule has 2 rings (SSSR count). The predicted molar refractivity (Wildman–Crippen MR) is 58.0 cm³/mol. The normalized spacial score (nSPS) is 10.2. The molecule has 0 aliphatic carbocycles. The lowest BCUT2D eigenvalue weighted by Gasteiger charge is -2.02. The van der Waals surface area contributed by atoms with Gasteiger partial charge in [0.15, 0.2) is 5.82 Å². The molecular weight excluding hydrogens is 188 g/mol. The number of pyridine rings is 1. The van der Waals surface area contributed by atoms with E-state index in [1.54, 1.807) is 18.6 Å². The van der Waals surface area contributed by atoms with Gasteiger partial charge in [-0.25, -0.2) is 9.97 Å². The molecule has 0 bridgehead atoms. The van der Waals surface area contributed by atoms with Crippen molar-refractivity contribution in [2.24, 2.45) is 0 Å². The molecule has 2 aromatic rings. The van der Waals surface area contributed by atoms with Gasteiger partial charge in [0, 0.05) is 30.7 Å². The summed E-state index contributed by atoms with van der Waals surface area (Å²) in [7, 11) is 1.89. The van der Waals surface area contributed by atoms with Crippen LogP contribution >= 0.6 is 0 Å². The Hall–Kier alpha value is -1.81. The van der Waals surface area contributed by atoms with E-state index in [-0.39, 0.29) is 0 Å². The molecule has 1 N–H and O–H groups in total. The quantitative estimate of drug-likeness (QED) is 0.810. The number of nitrogens with one attached hydrogen (secondary N) is 1. The Morgan fingerprint density at radius 3 is 2.93 bits per heavy atom. The first-order valence-electron chi connectivity index (χ1n) is 4.77. The van der Waals surface area contributed by atoms with Gasteiger partial charge >= 0.3 is 0 Å². The monoisotopic (exact) mass is 200 g/mol. The average molecular weight is 200 g/mol. The summed E-state index contributed by atoms with van der Waals surface area (Å²) in [6, 6.07) is 5.73. The van der Waals surface area contributed by atoms with Gasteiger partial charge in [0.05, 0.1) is 5.69 Å². The van der Waals surface area contributed by atoms with E-state index >= 15 is 0 Å². The number of rotatable bonds is 3. The van der Waals surface area contributed by atoms with Crippen molar-refractivity contribution in [2.75, 3.05) is 7.05 Å². The Morgan fingerprint density at radius 2 is 2.20 bits per heavy atom. The molecule has 0 unspecified atom stereocenters. The highest BCUT2D eigenvalue weighted by Crippen LogP contribution is 2.11. The molecule has 0 fully saturated rings. The van der Waals surface area contributed by atoms with Crippen LogP contribution in [0.5, 0.6) is 0 Å². The molecule has 0 saturated heterocycles. The van der Waals surface area contributed by atoms with Crippen molar-refractivity contribution in [3.63, 3.8) is 0 Å². The average Bonchev–Trinajstić information content (AvgIpc) is 2.31. The highest BCUT2D eigenvalue weighted by atomic mass is 14.9. The van der Waals surface area contributed by atoms with Gasteiger partial charge in [-0.1, -0.05) is 0 Å². The Morgan fingerprint density at radius 1 is 1.27 bits per heavy atom. The van der Waals surface area contributed by atoms with E-state index < -0.39 is 0 Å². The molecule has 2 heterocycles. The Bertz CT molecular complexity index is 428. The summed E-state index contributed by atoms with van der Waals surface area (Å²) in [6.45, 7) is 0.746. The molecule has 0 radical (unpaired) electrons. The van der Waals surface area contributed by atoms with Crippen molar-refractivity contribution >= 4 is 0 Å². The van der Waals surface area contributed by atoms with Gasteiger partial charge in [0.25, 0.3) is 0 Å². The van der Waals surface area contributed by atoms with Gasteiger partial charge in [0.2, 0.25) is 0 Å². The molecule has 0 aromatic carbocycles. The maximum atomic E-state index is 4.42. The Balaban J connectivity index is 2.33. The second kappa shape index (κ2) is 4.61. The molecule has 76 valence electrons. The van der Waals surface area contributed by atoms with Crippen LogP contribution in [-0.4, -0.2) is 22.0 Å². The van der Waals surface area contributed by atoms with Crippen molar-refractivity contribution in [3.05, 3.63) is 42.5 Å². The number of hydrogen-bond donors (Lipinski definition) is 1. The van der Waals surface area contributed by atoms with E-state index in [9.17, 15) is 0 Å². The lowest BCUT2D eigenvalue weighted by Crippen LogP contribution is -2.07. The van der Waals surface area contributed by atoms with Crippen LogP contribution in [0.25, 0.3) is 11.4 Å². The topological polar surface area (TPSA) is 50.7 Å². The number of hydrogen-bond acceptors (Lipinski definition) is 4. The fourth-order valence-electron chi connectivity index (χ4n) is 1.31. The third-order valence-corrected chi connectivity index (χ3v) is 1.99. The summed E-state index contributed by atoms with van der Waals surface area (Å²) >= 11 is 0. The number of aromatic nitrogens is 3. The summed E-state index contributed by atoms with van der Waals surface area (Å²) in [5.74, 6) is 0.718. The van der Waals surface area contributed by atoms with E-state index in [1.807, 2.05) is 25.2 Å². The van der Waals surface area contributed by atoms with Gasteiger partial charge in [-0.3, -0.25) is 4.98 Å². The van der Waals surface area contributed by atoms with Crippen LogP contribution in [0.4, 0.5) is 0 Å². The highest BCUT2D eigenvalue weighted by molar-refractivity contribution is 5.52. The van der Waals surface area contributed by atoms with Crippen LogP contribution in [0.3, 0.4) is 0 Å². The van der Waals surface area contributed by atoms with Gasteiger partial charge in [-0.05, 0) is 25.2 Å². The van der Waals surface area contributed by atoms with Crippen LogP contribution in [0.15, 0.2) is 36.8 Å². The Labute approximate surface area is 88.4 Å². The first-order chi connectivity index (χ1) is 7.40. The summed E-state index contributed by atoms with van der Waals surface area (Å²) in [5, 5.41) is 3.06. The molecule has 0 atom stereocenters. The second-order valence-electron chi connectivity index (χ2n) is 3.14. The molecular formula is C11H12N4. The van der Waals surface area contributed by atoms with Crippen molar-refractivity contribution in [2.45, 2.75) is 6.54 Å². The fourth-order valence-corrected chi connectivity index (χ4v) is 1.31. The third kappa shape index (κ3) is 2.35. The van der Waals surface area contributed by atoms with Crippen LogP contribution in [0.2, 0.25) is 0 Å². The smallest absolute Gasteiger partial charge is 0.160 e. The zero-order chi connectivity index (χ0) is 10.5. The zero-order valence-corrected chi connectivity index (χ0v) is 8.51. The van der Waals surface area contributed by atoms with E-state index in [4.69, 9.17) is 0 Å². The van der Waals surface area contributed by atoms with E-state index in [2.05, 4.69) is 20.3 Å². The summed E-state index contributed by atoms with van der Waals surface area (Å²) in [5.41, 5.74) is 1.92. The molecule has 4 heteroatoms. The lowest BCUT2D eigenvalue weighted by molar-refractivity contribution is 0.787. The standard InChI is InChI=1S/C11H12N4/c1-12-8-10-4-6-14-11(15-10)9-3-2-5-13-7-9/h2-7,12H,8H2,1H3. The van der Waals surface area contributed by atoms with Crippen LogP contribution in [0.1, 0.15) is 5.69 Å². The van der Waals surface area contributed by atoms with Crippen molar-refractivity contribution in [1.29, 1.82) is 0 Å². The lowest BCUT2D eigenvalue weighted by atomic mass is 10.2. The van der Waals surface area contributed by atoms with Gasteiger partial charge < -0.3 is 5.32 Å². The molecule has 0 aliphatic rings. The van der Waals surface area contributed by atoms with E-state index in [0.29, 0.717) is 0 Å². The molecule has 0 aliphatic heterocycles. The van der Waals surface area contributed by atoms with Crippen LogP contribution in [-0.2, 0) is 6.54 Å². The predicted octanol–water partition coefficient (Wildman–Crippen LogP) is 1.26. The van der Waals surface area contributed by atoms with Gasteiger partial charge in [-0.2, -0.15) is 0 Å². The molecule has 0 amide bonds. The van der Waals surface area contributed by atoms with Gasteiger partial charge in [0.1, 0.15) is 0 Å². The SMILES string of the molecule is CNCc1ccnc(-c2cccnc2)n1. The first kappa shape index (κ1) is 9.73. The third-order valence-electron chi connectivity index (χ3n) is 1.99. The molecule has 2 aromatic heterocycles. The summed E-state index contributed by atoms with van der Waals surface area (Å²) < 4.78 is 0. The second-order valence-corrected chi connectivity index (χ2v) is 3.14. The summed E-state index contributed by atoms with van der Waals surface area (Å²) in [4.78, 5) is 12.7. The maximum Gasteiger partial charge on any atom is 0.160 e. The molecule has 0 saturated carbocycles. The van der Waals surface area contributed by atoms with Crippen LogP contribution in [0, 0.1) is 0 Å². The minimum absolute atomic E-state index is 0.718.